The molecule has 10 atom stereocenters. The molecular formula is C49H55NO13. The summed E-state index contributed by atoms with van der Waals surface area (Å²) < 4.78 is 31.5. The second kappa shape index (κ2) is 17.4. The van der Waals surface area contributed by atoms with Gasteiger partial charge in [-0.25, -0.2) is 9.59 Å². The molecule has 0 unspecified atom stereocenters. The maximum atomic E-state index is 14.4. The molecule has 2 bridgehead atoms. The van der Waals surface area contributed by atoms with E-state index in [4.69, 9.17) is 23.7 Å². The molecule has 0 radical (unpaired) electrons. The van der Waals surface area contributed by atoms with Crippen LogP contribution in [0.25, 0.3) is 0 Å². The molecular weight excluding hydrogens is 811 g/mol. The van der Waals surface area contributed by atoms with Gasteiger partial charge < -0.3 is 39.2 Å². The van der Waals surface area contributed by atoms with Crippen LogP contribution in [0.4, 0.5) is 0 Å². The van der Waals surface area contributed by atoms with E-state index in [0.29, 0.717) is 30.4 Å². The van der Waals surface area contributed by atoms with E-state index in [0.717, 1.165) is 0 Å². The predicted molar refractivity (Wildman–Crippen MR) is 225 cm³/mol. The lowest BCUT2D eigenvalue weighted by molar-refractivity contribution is -0.271. The van der Waals surface area contributed by atoms with Crippen molar-refractivity contribution in [2.24, 2.45) is 16.7 Å². The zero-order valence-electron chi connectivity index (χ0n) is 36.3. The van der Waals surface area contributed by atoms with E-state index in [1.165, 1.54) is 13.8 Å². The van der Waals surface area contributed by atoms with Crippen LogP contribution >= 0.6 is 0 Å². The van der Waals surface area contributed by atoms with Gasteiger partial charge in [0.05, 0.1) is 11.6 Å². The number of carbonyl (C=O) groups excluding carboxylic acids is 6. The van der Waals surface area contributed by atoms with E-state index in [9.17, 15) is 39.0 Å². The Bertz CT molecular complexity index is 2280. The van der Waals surface area contributed by atoms with Gasteiger partial charge in [0, 0.05) is 49.0 Å². The predicted octanol–water partition coefficient (Wildman–Crippen LogP) is 5.89. The molecule has 0 aromatic heterocycles. The lowest BCUT2D eigenvalue weighted by atomic mass is 9.45. The highest BCUT2D eigenvalue weighted by atomic mass is 16.6. The van der Waals surface area contributed by atoms with Gasteiger partial charge in [0.15, 0.2) is 12.2 Å². The first-order chi connectivity index (χ1) is 29.8. The summed E-state index contributed by atoms with van der Waals surface area (Å²) in [6, 6.07) is 23.6. The van der Waals surface area contributed by atoms with Gasteiger partial charge in [-0.3, -0.25) is 19.2 Å². The molecule has 1 heterocycles. The Morgan fingerprint density at radius 3 is 1.92 bits per heavy atom. The summed E-state index contributed by atoms with van der Waals surface area (Å²) in [5.41, 5.74) is -4.93. The number of fused-ring (bicyclic) bond motifs is 4. The standard InChI is InChI=1S/C49H55NO13/c1-28-34(61-45(57)38(54)37(31-17-10-7-11-18-31)50-43(55)32-19-12-8-13-20-32)27-49(58)42(62-44(56)33-21-14-9-15-22-33)40-47(6,24-16-25-48(40)26-23-35(53)63-48)41(60-30(3)52)39(59-29(2)51)36(28)46(49,4)5/h7-15,17-22,34,37-42,54,58H,16,23-27H2,1-6H3,(H,50,55)/t34-,37-,38+,39+,40-,41-,42-,47+,48+,49+/m0/s1. The molecule has 14 nitrogen and oxygen atoms in total. The van der Waals surface area contributed by atoms with Crippen LogP contribution in [-0.4, -0.2) is 87.7 Å². The number of aliphatic hydroxyl groups excluding tert-OH is 1. The van der Waals surface area contributed by atoms with E-state index in [-0.39, 0.29) is 29.5 Å². The van der Waals surface area contributed by atoms with Crippen LogP contribution in [0.15, 0.2) is 102 Å². The summed E-state index contributed by atoms with van der Waals surface area (Å²) >= 11 is 0. The topological polar surface area (TPSA) is 201 Å². The first kappa shape index (κ1) is 45.2. The minimum absolute atomic E-state index is 0.0329. The Kier molecular flexibility index (Phi) is 12.5. The number of benzene rings is 3. The quantitative estimate of drug-likeness (QED) is 0.124. The van der Waals surface area contributed by atoms with Crippen LogP contribution in [0.5, 0.6) is 0 Å². The Morgan fingerprint density at radius 2 is 1.35 bits per heavy atom. The van der Waals surface area contributed by atoms with Crippen LogP contribution < -0.4 is 5.32 Å². The van der Waals surface area contributed by atoms with Gasteiger partial charge in [-0.05, 0) is 73.6 Å². The minimum atomic E-state index is -2.20. The van der Waals surface area contributed by atoms with Crippen molar-refractivity contribution in [3.63, 3.8) is 0 Å². The number of nitrogens with one attached hydrogen (secondary N) is 1. The number of aliphatic hydroxyl groups is 2. The molecule has 334 valence electrons. The van der Waals surface area contributed by atoms with Gasteiger partial charge >= 0.3 is 29.8 Å². The SMILES string of the molecule is CC(=O)O[C@@H]1C2=C(C)[C@@H](OC(=O)[C@H](O)[C@@H](NC(=O)c3ccccc3)c3ccccc3)C[C@@](O)([C@@H](OC(=O)c3ccccc3)[C@@H]3[C@@]4(CCC[C@@]3(C)[C@H]1OC(C)=O)CCC(=O)O4)C2(C)C. The second-order valence-electron chi connectivity index (χ2n) is 18.1. The number of rotatable bonds is 10. The fourth-order valence-electron chi connectivity index (χ4n) is 11.0. The van der Waals surface area contributed by atoms with Crippen molar-refractivity contribution < 1.29 is 62.7 Å². The maximum Gasteiger partial charge on any atom is 0.338 e. The molecule has 1 amide bonds. The molecule has 1 saturated heterocycles. The minimum Gasteiger partial charge on any atom is -0.459 e. The van der Waals surface area contributed by atoms with Gasteiger partial charge in [-0.15, -0.1) is 0 Å². The van der Waals surface area contributed by atoms with Gasteiger partial charge in [0.25, 0.3) is 5.91 Å². The highest BCUT2D eigenvalue weighted by Gasteiger charge is 2.73. The van der Waals surface area contributed by atoms with Crippen LogP contribution in [0.2, 0.25) is 0 Å². The van der Waals surface area contributed by atoms with Crippen LogP contribution in [0, 0.1) is 16.7 Å². The molecule has 3 fully saturated rings. The summed E-state index contributed by atoms with van der Waals surface area (Å²) in [5, 5.41) is 28.5. The molecule has 7 rings (SSSR count). The molecule has 3 N–H and O–H groups in total. The summed E-state index contributed by atoms with van der Waals surface area (Å²) in [7, 11) is 0. The fourth-order valence-corrected chi connectivity index (χ4v) is 11.0. The molecule has 14 heteroatoms. The van der Waals surface area contributed by atoms with Gasteiger partial charge in [-0.1, -0.05) is 87.5 Å². The van der Waals surface area contributed by atoms with Crippen molar-refractivity contribution in [3.8, 4) is 0 Å². The maximum absolute atomic E-state index is 14.4. The molecule has 2 saturated carbocycles. The Morgan fingerprint density at radius 1 is 0.762 bits per heavy atom. The van der Waals surface area contributed by atoms with Crippen molar-refractivity contribution >= 4 is 35.8 Å². The Balaban J connectivity index is 1.40. The summed E-state index contributed by atoms with van der Waals surface area (Å²) in [6.07, 6.45) is -6.68. The summed E-state index contributed by atoms with van der Waals surface area (Å²) in [5.74, 6) is -5.55. The third-order valence-electron chi connectivity index (χ3n) is 13.9. The molecule has 1 spiro atoms. The van der Waals surface area contributed by atoms with Crippen LogP contribution in [0.3, 0.4) is 0 Å². The molecule has 1 aliphatic heterocycles. The number of hydrogen-bond acceptors (Lipinski definition) is 13. The molecule has 63 heavy (non-hydrogen) atoms. The lowest BCUT2D eigenvalue weighted by Gasteiger charge is -2.64. The largest absolute Gasteiger partial charge is 0.459 e. The number of amides is 1. The van der Waals surface area contributed by atoms with Crippen molar-refractivity contribution in [2.75, 3.05) is 0 Å². The first-order valence-electron chi connectivity index (χ1n) is 21.4. The monoisotopic (exact) mass is 865 g/mol. The summed E-state index contributed by atoms with van der Waals surface area (Å²) in [4.78, 5) is 82.0. The van der Waals surface area contributed by atoms with Gasteiger partial charge in [0.2, 0.25) is 0 Å². The third kappa shape index (κ3) is 8.26. The molecule has 3 aliphatic carbocycles. The van der Waals surface area contributed by atoms with E-state index in [1.54, 1.807) is 112 Å². The summed E-state index contributed by atoms with van der Waals surface area (Å²) in [6.45, 7) is 9.25. The van der Waals surface area contributed by atoms with Gasteiger partial charge in [-0.2, -0.15) is 0 Å². The number of carbonyl (C=O) groups is 6. The van der Waals surface area contributed by atoms with Gasteiger partial charge in [0.1, 0.15) is 29.5 Å². The van der Waals surface area contributed by atoms with E-state index >= 15 is 0 Å². The van der Waals surface area contributed by atoms with Crippen molar-refractivity contribution in [1.82, 2.24) is 5.32 Å². The third-order valence-corrected chi connectivity index (χ3v) is 13.9. The van der Waals surface area contributed by atoms with Crippen LogP contribution in [-0.2, 0) is 42.9 Å². The van der Waals surface area contributed by atoms with Crippen LogP contribution in [0.1, 0.15) is 112 Å². The molecule has 3 aromatic rings. The number of hydrogen-bond donors (Lipinski definition) is 3. The second-order valence-corrected chi connectivity index (χ2v) is 18.1. The zero-order valence-corrected chi connectivity index (χ0v) is 36.3. The fraction of sp³-hybridized carbons (Fsp3) is 0.469. The normalized spacial score (nSPS) is 30.6. The smallest absolute Gasteiger partial charge is 0.338 e. The zero-order chi connectivity index (χ0) is 45.5. The van der Waals surface area contributed by atoms with Crippen molar-refractivity contribution in [3.05, 3.63) is 119 Å². The number of esters is 5. The molecule has 3 aromatic carbocycles. The lowest BCUT2D eigenvalue weighted by Crippen LogP contribution is -2.74. The Labute approximate surface area is 366 Å². The highest BCUT2D eigenvalue weighted by molar-refractivity contribution is 5.95. The van der Waals surface area contributed by atoms with E-state index < -0.39 is 107 Å². The van der Waals surface area contributed by atoms with E-state index in [1.807, 2.05) is 6.92 Å². The highest BCUT2D eigenvalue weighted by Crippen LogP contribution is 2.65. The molecule has 4 aliphatic rings. The Hall–Kier alpha value is -5.86. The number of ether oxygens (including phenoxy) is 5. The average Bonchev–Trinajstić information content (AvgIpc) is 3.62. The van der Waals surface area contributed by atoms with Crippen molar-refractivity contribution in [1.29, 1.82) is 0 Å². The average molecular weight is 866 g/mol. The van der Waals surface area contributed by atoms with E-state index in [2.05, 4.69) is 5.32 Å². The van der Waals surface area contributed by atoms with Crippen molar-refractivity contribution in [2.45, 2.75) is 128 Å². The first-order valence-corrected chi connectivity index (χ1v) is 21.4.